The first-order valence-corrected chi connectivity index (χ1v) is 11.1. The van der Waals surface area contributed by atoms with Gasteiger partial charge in [-0.1, -0.05) is 12.2 Å². The van der Waals surface area contributed by atoms with E-state index in [0.29, 0.717) is 12.2 Å². The van der Waals surface area contributed by atoms with Crippen molar-refractivity contribution in [2.75, 3.05) is 0 Å². The molecule has 0 saturated heterocycles. The lowest BCUT2D eigenvalue weighted by Crippen LogP contribution is -2.34. The van der Waals surface area contributed by atoms with Gasteiger partial charge in [-0.3, -0.25) is 4.79 Å². The van der Waals surface area contributed by atoms with E-state index in [1.807, 2.05) is 18.2 Å². The molecule has 2 rings (SSSR count). The summed E-state index contributed by atoms with van der Waals surface area (Å²) in [6.07, 6.45) is 6.17. The van der Waals surface area contributed by atoms with E-state index in [0.717, 1.165) is 10.7 Å². The highest BCUT2D eigenvalue weighted by molar-refractivity contribution is 14.1. The van der Waals surface area contributed by atoms with Crippen molar-refractivity contribution in [3.05, 3.63) is 41.1 Å². The van der Waals surface area contributed by atoms with Crippen LogP contribution in [0.4, 0.5) is 0 Å². The standard InChI is InChI=1S/C15H13I4NO4/c16-9-5-8(6-10(17)13(9)21)24-15(19)2-1-7(4-12(15)18)3-11(20)14(22)23/h1-2,4-7,11,21H,3,20H2,(H,22,23). The highest BCUT2D eigenvalue weighted by Gasteiger charge is 2.34. The molecule has 0 fully saturated rings. The molecule has 0 heterocycles. The summed E-state index contributed by atoms with van der Waals surface area (Å²) >= 11 is 8.53. The zero-order chi connectivity index (χ0) is 18.1. The number of allylic oxidation sites excluding steroid dienone is 2. The summed E-state index contributed by atoms with van der Waals surface area (Å²) in [4.78, 5) is 10.9. The van der Waals surface area contributed by atoms with Crippen LogP contribution in [0.1, 0.15) is 6.42 Å². The van der Waals surface area contributed by atoms with Crippen LogP contribution < -0.4 is 10.5 Å². The summed E-state index contributed by atoms with van der Waals surface area (Å²) in [6.45, 7) is 0. The van der Waals surface area contributed by atoms with Crippen LogP contribution >= 0.6 is 90.4 Å². The molecule has 3 unspecified atom stereocenters. The highest BCUT2D eigenvalue weighted by atomic mass is 127. The molecule has 0 bridgehead atoms. The van der Waals surface area contributed by atoms with E-state index in [1.54, 1.807) is 12.1 Å². The summed E-state index contributed by atoms with van der Waals surface area (Å²) in [5.41, 5.74) is 5.61. The maximum Gasteiger partial charge on any atom is 0.320 e. The van der Waals surface area contributed by atoms with Gasteiger partial charge in [-0.2, -0.15) is 0 Å². The largest absolute Gasteiger partial charge is 0.506 e. The fourth-order valence-electron chi connectivity index (χ4n) is 2.08. The second-order valence-corrected chi connectivity index (χ2v) is 10.3. The summed E-state index contributed by atoms with van der Waals surface area (Å²) in [5, 5.41) is 18.8. The molecule has 1 aliphatic carbocycles. The minimum atomic E-state index is -0.998. The first-order valence-electron chi connectivity index (χ1n) is 6.74. The Morgan fingerprint density at radius 1 is 1.33 bits per heavy atom. The topological polar surface area (TPSA) is 92.8 Å². The van der Waals surface area contributed by atoms with Crippen LogP contribution in [0.15, 0.2) is 33.9 Å². The number of rotatable bonds is 5. The number of carboxylic acid groups (broad SMARTS) is 1. The Kier molecular flexibility index (Phi) is 7.47. The number of benzene rings is 1. The molecule has 1 aromatic carbocycles. The molecular formula is C15H13I4NO4. The molecule has 3 atom stereocenters. The first kappa shape index (κ1) is 21.0. The Morgan fingerprint density at radius 2 is 1.92 bits per heavy atom. The number of ether oxygens (including phenoxy) is 1. The second kappa shape index (κ2) is 8.56. The van der Waals surface area contributed by atoms with E-state index < -0.39 is 15.6 Å². The Morgan fingerprint density at radius 3 is 2.42 bits per heavy atom. The van der Waals surface area contributed by atoms with Gasteiger partial charge in [0.05, 0.1) is 7.14 Å². The number of aliphatic carboxylic acids is 1. The molecule has 24 heavy (non-hydrogen) atoms. The Balaban J connectivity index is 2.17. The van der Waals surface area contributed by atoms with E-state index in [-0.39, 0.29) is 11.7 Å². The number of alkyl halides is 1. The van der Waals surface area contributed by atoms with Crippen LogP contribution in [0.5, 0.6) is 11.5 Å². The van der Waals surface area contributed by atoms with Crippen molar-refractivity contribution in [3.8, 4) is 11.5 Å². The third-order valence-electron chi connectivity index (χ3n) is 3.34. The zero-order valence-electron chi connectivity index (χ0n) is 12.0. The minimum Gasteiger partial charge on any atom is -0.506 e. The smallest absolute Gasteiger partial charge is 0.320 e. The normalized spacial score (nSPS) is 24.4. The lowest BCUT2D eigenvalue weighted by molar-refractivity contribution is -0.138. The fourth-order valence-corrected chi connectivity index (χ4v) is 5.18. The van der Waals surface area contributed by atoms with Gasteiger partial charge in [-0.05, 0) is 121 Å². The van der Waals surface area contributed by atoms with Gasteiger partial charge in [0, 0.05) is 3.58 Å². The molecule has 5 nitrogen and oxygen atoms in total. The molecule has 0 radical (unpaired) electrons. The van der Waals surface area contributed by atoms with Gasteiger partial charge in [0.15, 0.2) is 0 Å². The first-order chi connectivity index (χ1) is 11.1. The monoisotopic (exact) mass is 779 g/mol. The van der Waals surface area contributed by atoms with Crippen LogP contribution in [0.3, 0.4) is 0 Å². The molecule has 1 aromatic rings. The van der Waals surface area contributed by atoms with Crippen molar-refractivity contribution in [3.63, 3.8) is 0 Å². The van der Waals surface area contributed by atoms with Gasteiger partial charge in [-0.25, -0.2) is 0 Å². The van der Waals surface area contributed by atoms with Gasteiger partial charge in [-0.15, -0.1) is 0 Å². The molecule has 4 N–H and O–H groups in total. The number of aromatic hydroxyl groups is 1. The predicted octanol–water partition coefficient (Wildman–Crippen LogP) is 4.42. The Hall–Kier alpha value is 0.650. The number of carboxylic acids is 1. The maximum atomic E-state index is 10.9. The number of hydrogen-bond donors (Lipinski definition) is 3. The number of hydrogen-bond acceptors (Lipinski definition) is 4. The van der Waals surface area contributed by atoms with Crippen molar-refractivity contribution in [2.24, 2.45) is 11.7 Å². The van der Waals surface area contributed by atoms with Crippen LogP contribution in [-0.4, -0.2) is 25.8 Å². The van der Waals surface area contributed by atoms with E-state index in [2.05, 4.69) is 90.4 Å². The minimum absolute atomic E-state index is 0.0328. The average Bonchev–Trinajstić information content (AvgIpc) is 2.48. The molecule has 9 heteroatoms. The molecule has 0 aromatic heterocycles. The van der Waals surface area contributed by atoms with Crippen molar-refractivity contribution in [2.45, 2.75) is 16.1 Å². The van der Waals surface area contributed by atoms with E-state index >= 15 is 0 Å². The summed E-state index contributed by atoms with van der Waals surface area (Å²) in [5.74, 6) is -0.126. The van der Waals surface area contributed by atoms with E-state index in [1.165, 1.54) is 0 Å². The highest BCUT2D eigenvalue weighted by Crippen LogP contribution is 2.42. The molecule has 0 aliphatic heterocycles. The molecule has 0 saturated carbocycles. The second-order valence-electron chi connectivity index (χ2n) is 5.20. The van der Waals surface area contributed by atoms with Gasteiger partial charge in [0.2, 0.25) is 3.61 Å². The number of carbonyl (C=O) groups is 1. The maximum absolute atomic E-state index is 10.9. The summed E-state index contributed by atoms with van der Waals surface area (Å²) in [6, 6.07) is 2.67. The third kappa shape index (κ3) is 5.09. The predicted molar refractivity (Wildman–Crippen MR) is 126 cm³/mol. The SMILES string of the molecule is NC(CC1C=CC(I)(Oc2cc(I)c(O)c(I)c2)C(I)=C1)C(=O)O. The van der Waals surface area contributed by atoms with Crippen molar-refractivity contribution in [1.82, 2.24) is 0 Å². The van der Waals surface area contributed by atoms with E-state index in [9.17, 15) is 9.90 Å². The average molecular weight is 779 g/mol. The summed E-state index contributed by atoms with van der Waals surface area (Å²) < 4.78 is 7.86. The Labute approximate surface area is 194 Å². The van der Waals surface area contributed by atoms with E-state index in [4.69, 9.17) is 15.6 Å². The quantitative estimate of drug-likeness (QED) is 0.234. The van der Waals surface area contributed by atoms with Crippen molar-refractivity contribution in [1.29, 1.82) is 0 Å². The Bertz CT molecular complexity index is 698. The molecular weight excluding hydrogens is 766 g/mol. The lowest BCUT2D eigenvalue weighted by atomic mass is 9.95. The molecule has 1 aliphatic rings. The van der Waals surface area contributed by atoms with Crippen LogP contribution in [0, 0.1) is 13.1 Å². The van der Waals surface area contributed by atoms with Crippen LogP contribution in [0.25, 0.3) is 0 Å². The molecule has 0 spiro atoms. The molecule has 130 valence electrons. The summed E-state index contributed by atoms with van der Waals surface area (Å²) in [7, 11) is 0. The van der Waals surface area contributed by atoms with Gasteiger partial charge in [0.1, 0.15) is 17.5 Å². The third-order valence-corrected chi connectivity index (χ3v) is 8.34. The zero-order valence-corrected chi connectivity index (χ0v) is 20.7. The number of phenols is 1. The van der Waals surface area contributed by atoms with Crippen LogP contribution in [0.2, 0.25) is 0 Å². The lowest BCUT2D eigenvalue weighted by Gasteiger charge is -2.30. The van der Waals surface area contributed by atoms with Crippen LogP contribution in [-0.2, 0) is 4.79 Å². The van der Waals surface area contributed by atoms with Gasteiger partial charge in [0.25, 0.3) is 0 Å². The number of halogens is 4. The number of phenolic OH excluding ortho intramolecular Hbond substituents is 1. The van der Waals surface area contributed by atoms with Crippen molar-refractivity contribution < 1.29 is 19.7 Å². The fraction of sp³-hybridized carbons (Fsp3) is 0.267. The van der Waals surface area contributed by atoms with Crippen molar-refractivity contribution >= 4 is 96.3 Å². The van der Waals surface area contributed by atoms with Gasteiger partial charge >= 0.3 is 5.97 Å². The van der Waals surface area contributed by atoms with Gasteiger partial charge < -0.3 is 20.7 Å². The number of nitrogens with two attached hydrogens (primary N) is 1. The molecule has 0 amide bonds.